The van der Waals surface area contributed by atoms with Gasteiger partial charge in [0.25, 0.3) is 0 Å². The van der Waals surface area contributed by atoms with Crippen LogP contribution in [0.25, 0.3) is 0 Å². The number of urea groups is 1. The van der Waals surface area contributed by atoms with Crippen LogP contribution < -0.4 is 10.6 Å². The quantitative estimate of drug-likeness (QED) is 0.791. The topological polar surface area (TPSA) is 78.4 Å². The average molecular weight is 276 g/mol. The van der Waals surface area contributed by atoms with Gasteiger partial charge in [-0.1, -0.05) is 6.07 Å². The van der Waals surface area contributed by atoms with E-state index in [9.17, 15) is 9.59 Å². The maximum atomic E-state index is 12.0. The van der Waals surface area contributed by atoms with Crippen LogP contribution in [0.1, 0.15) is 42.6 Å². The van der Waals surface area contributed by atoms with Gasteiger partial charge in [-0.15, -0.1) is 0 Å². The summed E-state index contributed by atoms with van der Waals surface area (Å²) in [6.45, 7) is 5.73. The maximum absolute atomic E-state index is 12.0. The van der Waals surface area contributed by atoms with E-state index >= 15 is 0 Å². The molecular weight excluding hydrogens is 256 g/mol. The van der Waals surface area contributed by atoms with Crippen molar-refractivity contribution in [3.05, 3.63) is 29.3 Å². The molecule has 1 saturated carbocycles. The second-order valence-corrected chi connectivity index (χ2v) is 5.91. The third kappa shape index (κ3) is 3.29. The van der Waals surface area contributed by atoms with Crippen LogP contribution in [0.3, 0.4) is 0 Å². The number of carbonyl (C=O) groups excluding carboxylic acids is 1. The molecule has 0 aliphatic heterocycles. The minimum atomic E-state index is -0.995. The molecule has 1 aromatic rings. The zero-order valence-corrected chi connectivity index (χ0v) is 12.0. The summed E-state index contributed by atoms with van der Waals surface area (Å²) in [7, 11) is 0. The van der Waals surface area contributed by atoms with Gasteiger partial charge in [0.15, 0.2) is 0 Å². The van der Waals surface area contributed by atoms with Gasteiger partial charge in [0.2, 0.25) is 0 Å². The van der Waals surface area contributed by atoms with Crippen molar-refractivity contribution in [3.8, 4) is 0 Å². The molecule has 20 heavy (non-hydrogen) atoms. The van der Waals surface area contributed by atoms with Gasteiger partial charge in [0.1, 0.15) is 0 Å². The monoisotopic (exact) mass is 276 g/mol. The molecule has 1 aliphatic carbocycles. The Morgan fingerprint density at radius 1 is 1.30 bits per heavy atom. The van der Waals surface area contributed by atoms with Crippen LogP contribution in [0.2, 0.25) is 0 Å². The molecule has 0 radical (unpaired) electrons. The normalized spacial score (nSPS) is 14.8. The fraction of sp³-hybridized carbons (Fsp3) is 0.467. The van der Waals surface area contributed by atoms with Crippen LogP contribution in [0.5, 0.6) is 0 Å². The van der Waals surface area contributed by atoms with Gasteiger partial charge in [0, 0.05) is 11.2 Å². The number of carboxylic acids is 1. The molecule has 0 atom stereocenters. The summed E-state index contributed by atoms with van der Waals surface area (Å²) in [4.78, 5) is 23.0. The van der Waals surface area contributed by atoms with Gasteiger partial charge < -0.3 is 15.7 Å². The number of amides is 2. The lowest BCUT2D eigenvalue weighted by Crippen LogP contribution is -2.47. The number of benzene rings is 1. The Balaban J connectivity index is 2.04. The second-order valence-electron chi connectivity index (χ2n) is 5.91. The van der Waals surface area contributed by atoms with Gasteiger partial charge >= 0.3 is 12.0 Å². The molecule has 3 N–H and O–H groups in total. The van der Waals surface area contributed by atoms with E-state index in [1.807, 2.05) is 13.8 Å². The van der Waals surface area contributed by atoms with Crippen LogP contribution in [-0.4, -0.2) is 22.6 Å². The molecule has 1 fully saturated rings. The van der Waals surface area contributed by atoms with E-state index in [0.717, 1.165) is 12.8 Å². The molecule has 5 heteroatoms. The smallest absolute Gasteiger partial charge is 0.336 e. The number of anilines is 1. The highest BCUT2D eigenvalue weighted by Crippen LogP contribution is 2.39. The first-order chi connectivity index (χ1) is 9.29. The van der Waals surface area contributed by atoms with Crippen molar-refractivity contribution in [1.82, 2.24) is 5.32 Å². The fourth-order valence-electron chi connectivity index (χ4n) is 2.29. The Kier molecular flexibility index (Phi) is 3.70. The van der Waals surface area contributed by atoms with E-state index < -0.39 is 5.97 Å². The number of aryl methyl sites for hydroxylation is 1. The lowest BCUT2D eigenvalue weighted by molar-refractivity contribution is 0.0696. The predicted molar refractivity (Wildman–Crippen MR) is 77.1 cm³/mol. The van der Waals surface area contributed by atoms with E-state index in [0.29, 0.717) is 17.2 Å². The van der Waals surface area contributed by atoms with Crippen LogP contribution in [-0.2, 0) is 0 Å². The van der Waals surface area contributed by atoms with E-state index in [1.165, 1.54) is 6.07 Å². The number of hydrogen-bond acceptors (Lipinski definition) is 2. The van der Waals surface area contributed by atoms with E-state index in [-0.39, 0.29) is 17.1 Å². The molecule has 0 saturated heterocycles. The number of carbonyl (C=O) groups is 2. The Morgan fingerprint density at radius 2 is 1.95 bits per heavy atom. The number of carboxylic acid groups (broad SMARTS) is 1. The fourth-order valence-corrected chi connectivity index (χ4v) is 2.29. The summed E-state index contributed by atoms with van der Waals surface area (Å²) in [6, 6.07) is 4.56. The number of rotatable bonds is 4. The number of nitrogens with one attached hydrogen (secondary N) is 2. The largest absolute Gasteiger partial charge is 0.478 e. The molecule has 0 aromatic heterocycles. The molecule has 108 valence electrons. The highest BCUT2D eigenvalue weighted by molar-refractivity contribution is 5.94. The predicted octanol–water partition coefficient (Wildman–Crippen LogP) is 3.00. The van der Waals surface area contributed by atoms with Gasteiger partial charge in [-0.3, -0.25) is 0 Å². The summed E-state index contributed by atoms with van der Waals surface area (Å²) < 4.78 is 0. The van der Waals surface area contributed by atoms with Crippen LogP contribution in [0, 0.1) is 12.8 Å². The summed E-state index contributed by atoms with van der Waals surface area (Å²) in [6.07, 6.45) is 2.28. The zero-order valence-electron chi connectivity index (χ0n) is 12.0. The molecule has 0 spiro atoms. The van der Waals surface area contributed by atoms with E-state index in [2.05, 4.69) is 10.6 Å². The number of hydrogen-bond donors (Lipinski definition) is 3. The third-order valence-electron chi connectivity index (χ3n) is 3.76. The van der Waals surface area contributed by atoms with Crippen molar-refractivity contribution in [3.63, 3.8) is 0 Å². The molecule has 2 amide bonds. The van der Waals surface area contributed by atoms with Crippen LogP contribution >= 0.6 is 0 Å². The SMILES string of the molecule is Cc1ccc(NC(=O)NC(C)(C)C2CC2)cc1C(=O)O. The lowest BCUT2D eigenvalue weighted by Gasteiger charge is -2.26. The van der Waals surface area contributed by atoms with Gasteiger partial charge in [-0.2, -0.15) is 0 Å². The minimum absolute atomic E-state index is 0.198. The summed E-state index contributed by atoms with van der Waals surface area (Å²) >= 11 is 0. The first-order valence-electron chi connectivity index (χ1n) is 6.73. The molecular formula is C15H20N2O3. The van der Waals surface area contributed by atoms with E-state index in [1.54, 1.807) is 19.1 Å². The van der Waals surface area contributed by atoms with Gasteiger partial charge in [-0.25, -0.2) is 9.59 Å². The Morgan fingerprint density at radius 3 is 2.50 bits per heavy atom. The van der Waals surface area contributed by atoms with Crippen molar-refractivity contribution < 1.29 is 14.7 Å². The highest BCUT2D eigenvalue weighted by atomic mass is 16.4. The molecule has 0 heterocycles. The molecule has 2 rings (SSSR count). The Labute approximate surface area is 118 Å². The second kappa shape index (κ2) is 5.15. The average Bonchev–Trinajstić information content (AvgIpc) is 3.14. The van der Waals surface area contributed by atoms with Crippen LogP contribution in [0.4, 0.5) is 10.5 Å². The molecule has 5 nitrogen and oxygen atoms in total. The first kappa shape index (κ1) is 14.4. The number of aromatic carboxylic acids is 1. The summed E-state index contributed by atoms with van der Waals surface area (Å²) in [5.41, 5.74) is 1.12. The van der Waals surface area contributed by atoms with Crippen molar-refractivity contribution in [1.29, 1.82) is 0 Å². The van der Waals surface area contributed by atoms with Gasteiger partial charge in [-0.05, 0) is 57.2 Å². The van der Waals surface area contributed by atoms with E-state index in [4.69, 9.17) is 5.11 Å². The summed E-state index contributed by atoms with van der Waals surface area (Å²) in [5, 5.41) is 14.7. The van der Waals surface area contributed by atoms with Crippen molar-refractivity contribution in [2.45, 2.75) is 39.2 Å². The van der Waals surface area contributed by atoms with Gasteiger partial charge in [0.05, 0.1) is 5.56 Å². The standard InChI is InChI=1S/C15H20N2O3/c1-9-4-7-11(8-12(9)13(18)19)16-14(20)17-15(2,3)10-5-6-10/h4,7-8,10H,5-6H2,1-3H3,(H,18,19)(H2,16,17,20). The molecule has 1 aliphatic rings. The Bertz CT molecular complexity index is 548. The summed E-state index contributed by atoms with van der Waals surface area (Å²) in [5.74, 6) is -0.467. The Hall–Kier alpha value is -2.04. The maximum Gasteiger partial charge on any atom is 0.336 e. The van der Waals surface area contributed by atoms with Crippen molar-refractivity contribution in [2.24, 2.45) is 5.92 Å². The molecule has 1 aromatic carbocycles. The highest BCUT2D eigenvalue weighted by Gasteiger charge is 2.38. The molecule has 0 bridgehead atoms. The van der Waals surface area contributed by atoms with Crippen molar-refractivity contribution >= 4 is 17.7 Å². The minimum Gasteiger partial charge on any atom is -0.478 e. The zero-order chi connectivity index (χ0) is 14.9. The van der Waals surface area contributed by atoms with Crippen LogP contribution in [0.15, 0.2) is 18.2 Å². The third-order valence-corrected chi connectivity index (χ3v) is 3.76. The first-order valence-corrected chi connectivity index (χ1v) is 6.73. The lowest BCUT2D eigenvalue weighted by atomic mass is 9.99. The molecule has 0 unspecified atom stereocenters. The van der Waals surface area contributed by atoms with Crippen molar-refractivity contribution in [2.75, 3.05) is 5.32 Å².